The molecule has 0 amide bonds. The molecule has 124 valence electrons. The molecule has 0 saturated carbocycles. The molecule has 1 aromatic heterocycles. The van der Waals surface area contributed by atoms with E-state index < -0.39 is 29.0 Å². The van der Waals surface area contributed by atoms with Gasteiger partial charge in [0.05, 0.1) is 18.1 Å². The molecule has 9 heteroatoms. The average molecular weight is 365 g/mol. The molecule has 0 saturated heterocycles. The van der Waals surface area contributed by atoms with Crippen molar-refractivity contribution in [1.82, 2.24) is 4.98 Å². The summed E-state index contributed by atoms with van der Waals surface area (Å²) in [4.78, 5) is 39.1. The lowest BCUT2D eigenvalue weighted by Gasteiger charge is -2.37. The molecule has 0 fully saturated rings. The first-order valence-electron chi connectivity index (χ1n) is 7.02. The van der Waals surface area contributed by atoms with Gasteiger partial charge in [-0.3, -0.25) is 14.4 Å². The summed E-state index contributed by atoms with van der Waals surface area (Å²) in [6.45, 7) is 0. The van der Waals surface area contributed by atoms with Gasteiger partial charge < -0.3 is 19.6 Å². The van der Waals surface area contributed by atoms with E-state index in [1.807, 2.05) is 0 Å². The summed E-state index contributed by atoms with van der Waals surface area (Å²) in [5.74, 6) is -2.49. The molecule has 3 heterocycles. The molecule has 3 atom stereocenters. The van der Waals surface area contributed by atoms with E-state index in [1.165, 1.54) is 7.11 Å². The monoisotopic (exact) mass is 365 g/mol. The molecule has 2 aliphatic heterocycles. The molecule has 0 spiro atoms. The first kappa shape index (κ1) is 15.3. The van der Waals surface area contributed by atoms with Gasteiger partial charge in [0.25, 0.3) is 0 Å². The Morgan fingerprint density at radius 1 is 1.38 bits per heavy atom. The Morgan fingerprint density at radius 2 is 2.17 bits per heavy atom. The van der Waals surface area contributed by atoms with E-state index in [2.05, 4.69) is 4.98 Å². The van der Waals surface area contributed by atoms with E-state index >= 15 is 0 Å². The Labute approximate surface area is 143 Å². The van der Waals surface area contributed by atoms with E-state index in [1.54, 1.807) is 18.2 Å². The van der Waals surface area contributed by atoms with Gasteiger partial charge in [0, 0.05) is 16.4 Å². The fourth-order valence-electron chi connectivity index (χ4n) is 3.17. The summed E-state index contributed by atoms with van der Waals surface area (Å²) < 4.78 is 10.6. The first-order valence-corrected chi connectivity index (χ1v) is 8.72. The summed E-state index contributed by atoms with van der Waals surface area (Å²) >= 11 is 1.98. The Kier molecular flexibility index (Phi) is 3.43. The number of carbonyl (C=O) groups is 2. The topological polar surface area (TPSA) is 106 Å². The molecule has 1 aromatic carbocycles. The van der Waals surface area contributed by atoms with Crippen LogP contribution >= 0.6 is 23.1 Å². The maximum atomic E-state index is 12.6. The van der Waals surface area contributed by atoms with Crippen LogP contribution in [-0.4, -0.2) is 34.4 Å². The summed E-state index contributed by atoms with van der Waals surface area (Å²) in [5, 5.41) is 9.01. The van der Waals surface area contributed by atoms with Crippen LogP contribution in [0.2, 0.25) is 0 Å². The van der Waals surface area contributed by atoms with E-state index in [-0.39, 0.29) is 10.6 Å². The smallest absolute Gasteiger partial charge is 0.317 e. The summed E-state index contributed by atoms with van der Waals surface area (Å²) in [5.41, 5.74) is 0.655. The van der Waals surface area contributed by atoms with Gasteiger partial charge >= 0.3 is 16.8 Å². The summed E-state index contributed by atoms with van der Waals surface area (Å²) in [6.07, 6.45) is 0. The highest BCUT2D eigenvalue weighted by molar-refractivity contribution is 8.00. The fourth-order valence-corrected chi connectivity index (χ4v) is 5.57. The number of aromatic nitrogens is 1. The number of rotatable bonds is 2. The number of esters is 1. The predicted molar refractivity (Wildman–Crippen MR) is 86.2 cm³/mol. The summed E-state index contributed by atoms with van der Waals surface area (Å²) in [6, 6.07) is 5.19. The molecule has 0 aliphatic carbocycles. The van der Waals surface area contributed by atoms with Crippen LogP contribution in [0, 0.1) is 5.92 Å². The van der Waals surface area contributed by atoms with Crippen molar-refractivity contribution in [3.8, 4) is 11.5 Å². The quantitative estimate of drug-likeness (QED) is 0.616. The first-order chi connectivity index (χ1) is 11.5. The number of nitrogens with one attached hydrogen (secondary N) is 1. The average Bonchev–Trinajstić information content (AvgIpc) is 2.93. The molecule has 0 radical (unpaired) electrons. The van der Waals surface area contributed by atoms with Crippen molar-refractivity contribution in [2.75, 3.05) is 7.11 Å². The van der Waals surface area contributed by atoms with Crippen LogP contribution in [-0.2, 0) is 9.59 Å². The van der Waals surface area contributed by atoms with Gasteiger partial charge in [-0.15, -0.1) is 0 Å². The molecule has 4 rings (SSSR count). The third-order valence-electron chi connectivity index (χ3n) is 4.14. The Bertz CT molecular complexity index is 917. The third kappa shape index (κ3) is 2.08. The minimum absolute atomic E-state index is 0.277. The van der Waals surface area contributed by atoms with Crippen molar-refractivity contribution in [3.63, 3.8) is 0 Å². The zero-order valence-electron chi connectivity index (χ0n) is 12.3. The second-order valence-electron chi connectivity index (χ2n) is 5.39. The number of ether oxygens (including phenoxy) is 2. The van der Waals surface area contributed by atoms with Gasteiger partial charge in [-0.1, -0.05) is 35.2 Å². The lowest BCUT2D eigenvalue weighted by Crippen LogP contribution is -2.44. The zero-order valence-corrected chi connectivity index (χ0v) is 13.9. The van der Waals surface area contributed by atoms with Crippen LogP contribution < -0.4 is 14.3 Å². The van der Waals surface area contributed by atoms with Crippen LogP contribution in [0.15, 0.2) is 28.0 Å². The number of carbonyl (C=O) groups excluding carboxylic acids is 1. The molecule has 2 aromatic rings. The second kappa shape index (κ2) is 5.38. The number of aromatic amines is 1. The predicted octanol–water partition coefficient (Wildman–Crippen LogP) is 1.67. The van der Waals surface area contributed by atoms with Crippen LogP contribution in [0.5, 0.6) is 11.5 Å². The van der Waals surface area contributed by atoms with Gasteiger partial charge in [0.15, 0.2) is 11.5 Å². The zero-order chi connectivity index (χ0) is 17.0. The van der Waals surface area contributed by atoms with Crippen molar-refractivity contribution in [2.24, 2.45) is 5.92 Å². The number of hydrogen-bond donors (Lipinski definition) is 2. The fraction of sp³-hybridized carbons (Fsp3) is 0.267. The van der Waals surface area contributed by atoms with Crippen molar-refractivity contribution in [3.05, 3.63) is 38.3 Å². The maximum Gasteiger partial charge on any atom is 0.317 e. The molecule has 24 heavy (non-hydrogen) atoms. The number of carboxylic acids is 1. The number of fused-ring (bicyclic) bond motifs is 5. The number of para-hydroxylation sites is 1. The van der Waals surface area contributed by atoms with Gasteiger partial charge in [0.2, 0.25) is 0 Å². The minimum Gasteiger partial charge on any atom is -0.493 e. The Hall–Kier alpha value is -2.26. The lowest BCUT2D eigenvalue weighted by atomic mass is 9.80. The van der Waals surface area contributed by atoms with E-state index in [9.17, 15) is 19.5 Å². The highest BCUT2D eigenvalue weighted by atomic mass is 32.2. The van der Waals surface area contributed by atoms with Crippen molar-refractivity contribution >= 4 is 35.0 Å². The van der Waals surface area contributed by atoms with Gasteiger partial charge in [-0.05, 0) is 6.07 Å². The van der Waals surface area contributed by atoms with Crippen LogP contribution in [0.1, 0.15) is 16.4 Å². The number of thioether (sulfide) groups is 1. The molecule has 0 unspecified atom stereocenters. The van der Waals surface area contributed by atoms with Crippen molar-refractivity contribution in [1.29, 1.82) is 0 Å². The Balaban J connectivity index is 1.99. The molecule has 2 aliphatic rings. The highest BCUT2D eigenvalue weighted by Crippen LogP contribution is 2.55. The second-order valence-corrected chi connectivity index (χ2v) is 7.55. The number of benzene rings is 1. The van der Waals surface area contributed by atoms with E-state index in [0.717, 1.165) is 23.1 Å². The van der Waals surface area contributed by atoms with Gasteiger partial charge in [-0.2, -0.15) is 0 Å². The molecule has 7 nitrogen and oxygen atoms in total. The third-order valence-corrected chi connectivity index (χ3v) is 6.54. The number of hydrogen-bond acceptors (Lipinski definition) is 7. The maximum absolute atomic E-state index is 12.6. The van der Waals surface area contributed by atoms with Gasteiger partial charge in [0.1, 0.15) is 5.25 Å². The van der Waals surface area contributed by atoms with Crippen LogP contribution in [0.25, 0.3) is 0 Å². The van der Waals surface area contributed by atoms with E-state index in [0.29, 0.717) is 21.2 Å². The lowest BCUT2D eigenvalue weighted by molar-refractivity contribution is -0.147. The van der Waals surface area contributed by atoms with Crippen LogP contribution in [0.4, 0.5) is 0 Å². The standard InChI is InChI=1S/C15H11NO6S2/c1-21-6-4-2-3-5-7-8(14(19)22-9(5)6)11(13(17)18)23-12-10(7)24-15(20)16-12/h2-4,7-8,11H,1H3,(H,16,20)(H,17,18)/t7-,8+,11-/m1/s1. The molecular formula is C15H11NO6S2. The number of thiazole rings is 1. The number of methoxy groups -OCH3 is 1. The largest absolute Gasteiger partial charge is 0.493 e. The van der Waals surface area contributed by atoms with Crippen molar-refractivity contribution < 1.29 is 24.2 Å². The normalized spacial score (nSPS) is 24.4. The SMILES string of the molecule is COc1cccc2c1OC(=O)[C@H]1[C@@H]2c2sc(=O)[nH]c2S[C@H]1C(=O)O. The van der Waals surface area contributed by atoms with Crippen LogP contribution in [0.3, 0.4) is 0 Å². The molecule has 0 bridgehead atoms. The number of aliphatic carboxylic acids is 1. The van der Waals surface area contributed by atoms with E-state index in [4.69, 9.17) is 9.47 Å². The molecule has 2 N–H and O–H groups in total. The number of H-pyrrole nitrogens is 1. The van der Waals surface area contributed by atoms with Gasteiger partial charge in [-0.25, -0.2) is 0 Å². The Morgan fingerprint density at radius 3 is 2.88 bits per heavy atom. The summed E-state index contributed by atoms with van der Waals surface area (Å²) in [7, 11) is 1.46. The van der Waals surface area contributed by atoms with Crippen molar-refractivity contribution in [2.45, 2.75) is 16.2 Å². The molecular weight excluding hydrogens is 354 g/mol. The minimum atomic E-state index is -1.11. The number of carboxylic acid groups (broad SMARTS) is 1. The highest BCUT2D eigenvalue weighted by Gasteiger charge is 2.52.